The molecule has 4 heterocycles. The molecule has 0 bridgehead atoms. The van der Waals surface area contributed by atoms with Crippen molar-refractivity contribution in [3.8, 4) is 11.4 Å². The summed E-state index contributed by atoms with van der Waals surface area (Å²) < 4.78 is 1.67. The number of rotatable bonds is 6. The molecule has 2 N–H and O–H groups in total. The van der Waals surface area contributed by atoms with Crippen LogP contribution in [0.15, 0.2) is 36.7 Å². The predicted molar refractivity (Wildman–Crippen MR) is 112 cm³/mol. The maximum atomic E-state index is 12.7. The third-order valence-electron chi connectivity index (χ3n) is 5.10. The van der Waals surface area contributed by atoms with E-state index < -0.39 is 0 Å². The minimum absolute atomic E-state index is 0.0590. The smallest absolute Gasteiger partial charge is 0.269 e. The van der Waals surface area contributed by atoms with Gasteiger partial charge in [0.2, 0.25) is 5.95 Å². The van der Waals surface area contributed by atoms with Crippen LogP contribution in [-0.2, 0) is 13.5 Å². The van der Waals surface area contributed by atoms with E-state index in [9.17, 15) is 4.79 Å². The summed E-state index contributed by atoms with van der Waals surface area (Å²) in [5.74, 6) is 1.11. The summed E-state index contributed by atoms with van der Waals surface area (Å²) >= 11 is 0. The van der Waals surface area contributed by atoms with E-state index in [2.05, 4.69) is 44.1 Å². The summed E-state index contributed by atoms with van der Waals surface area (Å²) in [6, 6.07) is 7.78. The number of nitrogens with zero attached hydrogens (tertiary/aromatic N) is 5. The van der Waals surface area contributed by atoms with Crippen LogP contribution in [0.3, 0.4) is 0 Å². The van der Waals surface area contributed by atoms with Crippen LogP contribution in [0.25, 0.3) is 11.4 Å². The average Bonchev–Trinajstić information content (AvgIpc) is 3.42. The van der Waals surface area contributed by atoms with Crippen LogP contribution in [0.1, 0.15) is 36.5 Å². The molecule has 1 fully saturated rings. The van der Waals surface area contributed by atoms with Gasteiger partial charge >= 0.3 is 0 Å². The third-order valence-corrected chi connectivity index (χ3v) is 5.10. The molecule has 1 atom stereocenters. The van der Waals surface area contributed by atoms with E-state index in [0.717, 1.165) is 36.5 Å². The Morgan fingerprint density at radius 1 is 1.38 bits per heavy atom. The van der Waals surface area contributed by atoms with Crippen molar-refractivity contribution in [1.29, 1.82) is 0 Å². The molecule has 1 unspecified atom stereocenters. The second-order valence-corrected chi connectivity index (χ2v) is 7.97. The van der Waals surface area contributed by atoms with Crippen LogP contribution in [0.5, 0.6) is 0 Å². The SMILES string of the molecule is CC(C)Cc1cc(C(=O)NC2CCN(c3nccc(-c4ccc[nH]4)n3)C2)n(C)n1. The largest absolute Gasteiger partial charge is 0.360 e. The number of aromatic amines is 1. The van der Waals surface area contributed by atoms with Crippen molar-refractivity contribution in [3.05, 3.63) is 48.0 Å². The Labute approximate surface area is 170 Å². The highest BCUT2D eigenvalue weighted by Crippen LogP contribution is 2.20. The van der Waals surface area contributed by atoms with Crippen molar-refractivity contribution in [2.75, 3.05) is 18.0 Å². The second-order valence-electron chi connectivity index (χ2n) is 7.97. The zero-order chi connectivity index (χ0) is 20.4. The highest BCUT2D eigenvalue weighted by Gasteiger charge is 2.27. The fourth-order valence-electron chi connectivity index (χ4n) is 3.72. The van der Waals surface area contributed by atoms with Gasteiger partial charge < -0.3 is 15.2 Å². The van der Waals surface area contributed by atoms with Gasteiger partial charge in [-0.25, -0.2) is 9.97 Å². The summed E-state index contributed by atoms with van der Waals surface area (Å²) in [6.07, 6.45) is 5.38. The van der Waals surface area contributed by atoms with E-state index in [1.807, 2.05) is 37.5 Å². The van der Waals surface area contributed by atoms with Gasteiger partial charge in [-0.15, -0.1) is 0 Å². The molecular formula is C21H27N7O. The molecule has 1 aliphatic rings. The first-order chi connectivity index (χ1) is 14.0. The zero-order valence-corrected chi connectivity index (χ0v) is 17.1. The van der Waals surface area contributed by atoms with Crippen molar-refractivity contribution < 1.29 is 4.79 Å². The van der Waals surface area contributed by atoms with E-state index in [0.29, 0.717) is 24.1 Å². The number of aryl methyl sites for hydroxylation is 1. The lowest BCUT2D eigenvalue weighted by Crippen LogP contribution is -2.38. The Bertz CT molecular complexity index is 977. The molecule has 29 heavy (non-hydrogen) atoms. The van der Waals surface area contributed by atoms with Crippen molar-refractivity contribution in [1.82, 2.24) is 30.0 Å². The van der Waals surface area contributed by atoms with Crippen LogP contribution in [0, 0.1) is 5.92 Å². The maximum Gasteiger partial charge on any atom is 0.269 e. The molecule has 0 spiro atoms. The molecule has 0 aromatic carbocycles. The lowest BCUT2D eigenvalue weighted by molar-refractivity contribution is 0.0931. The van der Waals surface area contributed by atoms with Crippen LogP contribution >= 0.6 is 0 Å². The number of aromatic nitrogens is 5. The number of carbonyl (C=O) groups excluding carboxylic acids is 1. The van der Waals surface area contributed by atoms with Gasteiger partial charge in [0.05, 0.1) is 17.1 Å². The van der Waals surface area contributed by atoms with E-state index >= 15 is 0 Å². The van der Waals surface area contributed by atoms with Gasteiger partial charge in [0.1, 0.15) is 5.69 Å². The van der Waals surface area contributed by atoms with Crippen molar-refractivity contribution >= 4 is 11.9 Å². The number of anilines is 1. The van der Waals surface area contributed by atoms with Crippen LogP contribution in [-0.4, -0.2) is 49.8 Å². The molecule has 0 radical (unpaired) electrons. The number of hydrogen-bond acceptors (Lipinski definition) is 5. The Morgan fingerprint density at radius 2 is 2.24 bits per heavy atom. The maximum absolute atomic E-state index is 12.7. The quantitative estimate of drug-likeness (QED) is 0.671. The molecule has 1 amide bonds. The van der Waals surface area contributed by atoms with Gasteiger partial charge in [-0.1, -0.05) is 13.8 Å². The molecule has 1 aliphatic heterocycles. The minimum Gasteiger partial charge on any atom is -0.360 e. The number of nitrogens with one attached hydrogen (secondary N) is 2. The fraction of sp³-hybridized carbons (Fsp3) is 0.429. The van der Waals surface area contributed by atoms with Crippen molar-refractivity contribution in [2.24, 2.45) is 13.0 Å². The second kappa shape index (κ2) is 8.06. The first kappa shape index (κ1) is 19.2. The predicted octanol–water partition coefficient (Wildman–Crippen LogP) is 2.41. The van der Waals surface area contributed by atoms with Gasteiger partial charge in [0.15, 0.2) is 0 Å². The molecular weight excluding hydrogens is 366 g/mol. The topological polar surface area (TPSA) is 91.7 Å². The molecule has 4 rings (SSSR count). The Morgan fingerprint density at radius 3 is 3.00 bits per heavy atom. The number of amides is 1. The molecule has 0 saturated carbocycles. The molecule has 3 aromatic heterocycles. The van der Waals surface area contributed by atoms with Gasteiger partial charge in [0.25, 0.3) is 5.91 Å². The monoisotopic (exact) mass is 393 g/mol. The van der Waals surface area contributed by atoms with Gasteiger partial charge in [0, 0.05) is 38.6 Å². The van der Waals surface area contributed by atoms with E-state index in [4.69, 9.17) is 0 Å². The molecule has 152 valence electrons. The Balaban J connectivity index is 1.40. The van der Waals surface area contributed by atoms with Gasteiger partial charge in [-0.3, -0.25) is 9.48 Å². The Kier molecular flexibility index (Phi) is 5.33. The Hall–Kier alpha value is -3.16. The van der Waals surface area contributed by atoms with Gasteiger partial charge in [-0.05, 0) is 43.0 Å². The molecule has 0 aliphatic carbocycles. The standard InChI is InChI=1S/C21H27N7O/c1-14(2)11-16-12-19(27(3)26-16)20(29)24-15-7-10-28(13-15)21-23-9-6-18(25-21)17-5-4-8-22-17/h4-6,8-9,12,14-15,22H,7,10-11,13H2,1-3H3,(H,24,29). The highest BCUT2D eigenvalue weighted by atomic mass is 16.2. The summed E-state index contributed by atoms with van der Waals surface area (Å²) in [7, 11) is 1.82. The van der Waals surface area contributed by atoms with Crippen LogP contribution in [0.2, 0.25) is 0 Å². The molecule has 3 aromatic rings. The van der Waals surface area contributed by atoms with E-state index in [1.165, 1.54) is 0 Å². The normalized spacial score (nSPS) is 16.6. The lowest BCUT2D eigenvalue weighted by atomic mass is 10.1. The summed E-state index contributed by atoms with van der Waals surface area (Å²) in [4.78, 5) is 27.1. The summed E-state index contributed by atoms with van der Waals surface area (Å²) in [5.41, 5.74) is 3.38. The van der Waals surface area contributed by atoms with E-state index in [-0.39, 0.29) is 11.9 Å². The van der Waals surface area contributed by atoms with Crippen LogP contribution in [0.4, 0.5) is 5.95 Å². The average molecular weight is 393 g/mol. The zero-order valence-electron chi connectivity index (χ0n) is 17.1. The summed E-state index contributed by atoms with van der Waals surface area (Å²) in [6.45, 7) is 5.79. The fourth-order valence-corrected chi connectivity index (χ4v) is 3.72. The molecule has 1 saturated heterocycles. The first-order valence-electron chi connectivity index (χ1n) is 10.0. The molecule has 8 nitrogen and oxygen atoms in total. The van der Waals surface area contributed by atoms with Crippen molar-refractivity contribution in [2.45, 2.75) is 32.7 Å². The summed E-state index contributed by atoms with van der Waals surface area (Å²) in [5, 5.41) is 7.61. The van der Waals surface area contributed by atoms with Gasteiger partial charge in [-0.2, -0.15) is 5.10 Å². The van der Waals surface area contributed by atoms with Crippen molar-refractivity contribution in [3.63, 3.8) is 0 Å². The van der Waals surface area contributed by atoms with Crippen LogP contribution < -0.4 is 10.2 Å². The first-order valence-corrected chi connectivity index (χ1v) is 10.0. The number of hydrogen-bond donors (Lipinski definition) is 2. The number of H-pyrrole nitrogens is 1. The third kappa shape index (κ3) is 4.31. The lowest BCUT2D eigenvalue weighted by Gasteiger charge is -2.17. The minimum atomic E-state index is -0.0806. The van der Waals surface area contributed by atoms with E-state index in [1.54, 1.807) is 10.9 Å². The molecule has 8 heteroatoms. The highest BCUT2D eigenvalue weighted by molar-refractivity contribution is 5.93. The number of carbonyl (C=O) groups is 1.